The maximum atomic E-state index is 5.84. The molecule has 1 aliphatic heterocycles. The van der Waals surface area contributed by atoms with Gasteiger partial charge in [0.15, 0.2) is 0 Å². The Labute approximate surface area is 93.1 Å². The van der Waals surface area contributed by atoms with E-state index in [2.05, 4.69) is 22.1 Å². The number of hydrogen-bond acceptors (Lipinski definition) is 4. The van der Waals surface area contributed by atoms with Crippen molar-refractivity contribution in [2.45, 2.75) is 19.5 Å². The number of nitrogens with one attached hydrogen (secondary N) is 1. The van der Waals surface area contributed by atoms with E-state index in [9.17, 15) is 0 Å². The molecule has 14 heavy (non-hydrogen) atoms. The molecule has 0 aliphatic carbocycles. The van der Waals surface area contributed by atoms with E-state index in [0.29, 0.717) is 6.04 Å². The van der Waals surface area contributed by atoms with Gasteiger partial charge in [0, 0.05) is 19.1 Å². The van der Waals surface area contributed by atoms with Gasteiger partial charge in [0.05, 0.1) is 12.7 Å². The maximum Gasteiger partial charge on any atom is 0.113 e. The van der Waals surface area contributed by atoms with E-state index in [-0.39, 0.29) is 0 Å². The topological polar surface area (TPSA) is 28.2 Å². The zero-order valence-electron chi connectivity index (χ0n) is 8.16. The van der Waals surface area contributed by atoms with Crippen molar-refractivity contribution in [2.24, 2.45) is 0 Å². The van der Waals surface area contributed by atoms with Gasteiger partial charge in [0.2, 0.25) is 0 Å². The summed E-state index contributed by atoms with van der Waals surface area (Å²) < 4.78 is 0.780. The minimum atomic E-state index is 0.683. The Hall–Kier alpha value is -0.160. The largest absolute Gasteiger partial charge is 0.314 e. The molecule has 0 unspecified atom stereocenters. The van der Waals surface area contributed by atoms with Crippen molar-refractivity contribution in [2.75, 3.05) is 19.6 Å². The predicted octanol–water partition coefficient (Wildman–Crippen LogP) is 1.59. The first-order valence-electron chi connectivity index (χ1n) is 4.84. The van der Waals surface area contributed by atoms with Crippen LogP contribution in [-0.2, 0) is 6.54 Å². The lowest BCUT2D eigenvalue weighted by Crippen LogP contribution is -2.56. The van der Waals surface area contributed by atoms with Crippen LogP contribution in [0.1, 0.15) is 11.9 Å². The van der Waals surface area contributed by atoms with Gasteiger partial charge in [-0.2, -0.15) is 0 Å². The average molecular weight is 232 g/mol. The number of thiazole rings is 1. The van der Waals surface area contributed by atoms with Crippen molar-refractivity contribution in [1.82, 2.24) is 15.2 Å². The summed E-state index contributed by atoms with van der Waals surface area (Å²) in [7, 11) is 0. The highest BCUT2D eigenvalue weighted by Gasteiger charge is 2.23. The quantitative estimate of drug-likeness (QED) is 0.853. The number of rotatable bonds is 4. The predicted molar refractivity (Wildman–Crippen MR) is 59.9 cm³/mol. The minimum absolute atomic E-state index is 0.683. The number of halogens is 1. The van der Waals surface area contributed by atoms with E-state index < -0.39 is 0 Å². The molecule has 1 aliphatic rings. The second-order valence-corrected chi connectivity index (χ2v) is 5.18. The van der Waals surface area contributed by atoms with Crippen LogP contribution in [0.15, 0.2) is 6.20 Å². The fourth-order valence-electron chi connectivity index (χ4n) is 1.57. The van der Waals surface area contributed by atoms with E-state index in [1.54, 1.807) is 17.5 Å². The van der Waals surface area contributed by atoms with Crippen LogP contribution >= 0.6 is 22.9 Å². The van der Waals surface area contributed by atoms with Gasteiger partial charge < -0.3 is 5.32 Å². The molecular formula is C9H14ClN3S. The maximum absolute atomic E-state index is 5.84. The Morgan fingerprint density at radius 2 is 2.50 bits per heavy atom. The van der Waals surface area contributed by atoms with Crippen LogP contribution in [0.4, 0.5) is 0 Å². The van der Waals surface area contributed by atoms with Crippen molar-refractivity contribution in [3.63, 3.8) is 0 Å². The van der Waals surface area contributed by atoms with Crippen LogP contribution in [0.2, 0.25) is 4.34 Å². The van der Waals surface area contributed by atoms with Crippen LogP contribution in [0.3, 0.4) is 0 Å². The highest BCUT2D eigenvalue weighted by molar-refractivity contribution is 7.15. The smallest absolute Gasteiger partial charge is 0.113 e. The number of hydrogen-bond donors (Lipinski definition) is 1. The van der Waals surface area contributed by atoms with Gasteiger partial charge >= 0.3 is 0 Å². The number of nitrogens with zero attached hydrogens (tertiary/aromatic N) is 2. The molecule has 2 heterocycles. The molecule has 5 heteroatoms. The van der Waals surface area contributed by atoms with Gasteiger partial charge in [-0.05, 0) is 6.54 Å². The Kier molecular flexibility index (Phi) is 3.38. The molecule has 0 aromatic carbocycles. The van der Waals surface area contributed by atoms with Gasteiger partial charge in [-0.25, -0.2) is 4.98 Å². The van der Waals surface area contributed by atoms with Gasteiger partial charge in [-0.15, -0.1) is 11.3 Å². The molecule has 0 saturated carbocycles. The number of likely N-dealkylation sites (N-methyl/N-ethyl adjacent to an activating group) is 1. The van der Waals surface area contributed by atoms with Crippen LogP contribution < -0.4 is 5.32 Å². The molecule has 1 aromatic heterocycles. The summed E-state index contributed by atoms with van der Waals surface area (Å²) >= 11 is 7.42. The second kappa shape index (κ2) is 4.57. The molecular weight excluding hydrogens is 218 g/mol. The molecule has 3 nitrogen and oxygen atoms in total. The van der Waals surface area contributed by atoms with E-state index in [4.69, 9.17) is 11.6 Å². The molecule has 1 aromatic rings. The summed E-state index contributed by atoms with van der Waals surface area (Å²) in [4.78, 5) is 6.70. The molecule has 1 N–H and O–H groups in total. The molecule has 0 radical (unpaired) electrons. The second-order valence-electron chi connectivity index (χ2n) is 3.43. The molecule has 1 saturated heterocycles. The summed E-state index contributed by atoms with van der Waals surface area (Å²) in [6.07, 6.45) is 1.73. The third-order valence-corrected chi connectivity index (χ3v) is 3.65. The first-order chi connectivity index (χ1) is 6.79. The molecule has 1 fully saturated rings. The Morgan fingerprint density at radius 3 is 2.93 bits per heavy atom. The van der Waals surface area contributed by atoms with Crippen LogP contribution in [-0.4, -0.2) is 35.6 Å². The average Bonchev–Trinajstić information content (AvgIpc) is 2.47. The standard InChI is InChI=1S/C9H14ClN3S/c1-2-13(7-3-11-4-7)6-9-12-5-8(10)14-9/h5,7,11H,2-4,6H2,1H3. The summed E-state index contributed by atoms with van der Waals surface area (Å²) in [6, 6.07) is 0.683. The fraction of sp³-hybridized carbons (Fsp3) is 0.667. The summed E-state index contributed by atoms with van der Waals surface area (Å²) in [5.74, 6) is 0. The van der Waals surface area contributed by atoms with Gasteiger partial charge in [0.1, 0.15) is 9.34 Å². The van der Waals surface area contributed by atoms with Crippen molar-refractivity contribution >= 4 is 22.9 Å². The summed E-state index contributed by atoms with van der Waals surface area (Å²) in [6.45, 7) is 6.40. The molecule has 0 amide bonds. The SMILES string of the molecule is CCN(Cc1ncc(Cl)s1)C1CNC1. The lowest BCUT2D eigenvalue weighted by molar-refractivity contribution is 0.145. The van der Waals surface area contributed by atoms with E-state index in [0.717, 1.165) is 35.5 Å². The summed E-state index contributed by atoms with van der Waals surface area (Å²) in [5, 5.41) is 4.40. The first-order valence-corrected chi connectivity index (χ1v) is 6.04. The van der Waals surface area contributed by atoms with Gasteiger partial charge in [0.25, 0.3) is 0 Å². The van der Waals surface area contributed by atoms with Crippen molar-refractivity contribution in [3.05, 3.63) is 15.5 Å². The van der Waals surface area contributed by atoms with Crippen LogP contribution in [0, 0.1) is 0 Å². The third-order valence-electron chi connectivity index (χ3n) is 2.55. The van der Waals surface area contributed by atoms with Crippen LogP contribution in [0.5, 0.6) is 0 Å². The van der Waals surface area contributed by atoms with Gasteiger partial charge in [-0.1, -0.05) is 18.5 Å². The fourth-order valence-corrected chi connectivity index (χ4v) is 2.55. The Balaban J connectivity index is 1.93. The Morgan fingerprint density at radius 1 is 1.71 bits per heavy atom. The highest BCUT2D eigenvalue weighted by atomic mass is 35.5. The van der Waals surface area contributed by atoms with Crippen LogP contribution in [0.25, 0.3) is 0 Å². The third kappa shape index (κ3) is 2.25. The zero-order valence-corrected chi connectivity index (χ0v) is 9.74. The molecule has 2 rings (SSSR count). The first kappa shape index (κ1) is 10.4. The molecule has 0 bridgehead atoms. The monoisotopic (exact) mass is 231 g/mol. The lowest BCUT2D eigenvalue weighted by Gasteiger charge is -2.37. The molecule has 0 spiro atoms. The zero-order chi connectivity index (χ0) is 9.97. The van der Waals surface area contributed by atoms with Gasteiger partial charge in [-0.3, -0.25) is 4.90 Å². The van der Waals surface area contributed by atoms with E-state index in [1.165, 1.54) is 0 Å². The molecule has 78 valence electrons. The van der Waals surface area contributed by atoms with E-state index >= 15 is 0 Å². The number of aromatic nitrogens is 1. The minimum Gasteiger partial charge on any atom is -0.314 e. The molecule has 0 atom stereocenters. The summed E-state index contributed by atoms with van der Waals surface area (Å²) in [5.41, 5.74) is 0. The Bertz CT molecular complexity index is 298. The van der Waals surface area contributed by atoms with Crippen molar-refractivity contribution < 1.29 is 0 Å². The van der Waals surface area contributed by atoms with Crippen molar-refractivity contribution in [1.29, 1.82) is 0 Å². The highest BCUT2D eigenvalue weighted by Crippen LogP contribution is 2.20. The van der Waals surface area contributed by atoms with Crippen molar-refractivity contribution in [3.8, 4) is 0 Å². The lowest BCUT2D eigenvalue weighted by atomic mass is 10.1. The van der Waals surface area contributed by atoms with E-state index in [1.807, 2.05) is 0 Å². The normalized spacial score (nSPS) is 17.4.